The Morgan fingerprint density at radius 2 is 1.83 bits per heavy atom. The van der Waals surface area contributed by atoms with Gasteiger partial charge >= 0.3 is 0 Å². The van der Waals surface area contributed by atoms with Crippen LogP contribution < -0.4 is 4.72 Å². The van der Waals surface area contributed by atoms with E-state index in [-0.39, 0.29) is 27.1 Å². The van der Waals surface area contributed by atoms with Gasteiger partial charge in [0.15, 0.2) is 0 Å². The third-order valence-corrected chi connectivity index (χ3v) is 4.91. The first-order valence-electron chi connectivity index (χ1n) is 6.92. The van der Waals surface area contributed by atoms with E-state index < -0.39 is 15.8 Å². The van der Waals surface area contributed by atoms with Gasteiger partial charge in [-0.25, -0.2) is 12.8 Å². The van der Waals surface area contributed by atoms with Crippen LogP contribution in [0.1, 0.15) is 15.9 Å². The molecule has 0 aliphatic heterocycles. The van der Waals surface area contributed by atoms with Crippen molar-refractivity contribution in [1.29, 1.82) is 0 Å². The van der Waals surface area contributed by atoms with Crippen LogP contribution in [0.25, 0.3) is 0 Å². The maximum absolute atomic E-state index is 13.7. The van der Waals surface area contributed by atoms with Gasteiger partial charge in [0.25, 0.3) is 15.9 Å². The number of halogens is 2. The van der Waals surface area contributed by atoms with Crippen molar-refractivity contribution in [2.75, 3.05) is 18.8 Å². The number of sulfonamides is 1. The summed E-state index contributed by atoms with van der Waals surface area (Å²) in [7, 11) is -0.978. The van der Waals surface area contributed by atoms with E-state index in [0.29, 0.717) is 5.56 Å². The first-order valence-corrected chi connectivity index (χ1v) is 8.78. The molecule has 0 radical (unpaired) electrons. The van der Waals surface area contributed by atoms with E-state index in [0.717, 1.165) is 6.07 Å². The number of rotatable bonds is 4. The molecule has 0 saturated carbocycles. The molecule has 128 valence electrons. The van der Waals surface area contributed by atoms with Crippen LogP contribution in [0.2, 0.25) is 5.02 Å². The standard InChI is InChI=1S/C16H16ClFN2O3S/c1-10-4-6-12(9-14(10)18)24(22,23)19-15-8-11(17)5-7-13(15)16(21)20(2)3/h4-9,19H,1-3H3. The minimum atomic E-state index is -4.07. The maximum atomic E-state index is 13.7. The van der Waals surface area contributed by atoms with Gasteiger partial charge in [-0.3, -0.25) is 9.52 Å². The van der Waals surface area contributed by atoms with Gasteiger partial charge in [0, 0.05) is 19.1 Å². The Bertz CT molecular complexity index is 898. The topological polar surface area (TPSA) is 66.5 Å². The molecule has 0 aliphatic rings. The van der Waals surface area contributed by atoms with Crippen molar-refractivity contribution in [3.05, 3.63) is 58.4 Å². The molecule has 1 N–H and O–H groups in total. The summed E-state index contributed by atoms with van der Waals surface area (Å²) in [5, 5.41) is 0.262. The van der Waals surface area contributed by atoms with Gasteiger partial charge in [0.05, 0.1) is 16.1 Å². The van der Waals surface area contributed by atoms with Crippen LogP contribution in [0.4, 0.5) is 10.1 Å². The summed E-state index contributed by atoms with van der Waals surface area (Å²) in [4.78, 5) is 13.3. The summed E-state index contributed by atoms with van der Waals surface area (Å²) in [6.07, 6.45) is 0. The minimum Gasteiger partial charge on any atom is -0.345 e. The quantitative estimate of drug-likeness (QED) is 0.898. The van der Waals surface area contributed by atoms with Crippen molar-refractivity contribution in [3.63, 3.8) is 0 Å². The molecular weight excluding hydrogens is 355 g/mol. The molecule has 0 saturated heterocycles. The number of nitrogens with one attached hydrogen (secondary N) is 1. The van der Waals surface area contributed by atoms with Crippen LogP contribution >= 0.6 is 11.6 Å². The van der Waals surface area contributed by atoms with Gasteiger partial charge in [-0.15, -0.1) is 0 Å². The van der Waals surface area contributed by atoms with E-state index in [9.17, 15) is 17.6 Å². The molecule has 0 spiro atoms. The zero-order valence-electron chi connectivity index (χ0n) is 13.3. The average Bonchev–Trinajstić information content (AvgIpc) is 2.49. The summed E-state index contributed by atoms with van der Waals surface area (Å²) < 4.78 is 40.9. The summed E-state index contributed by atoms with van der Waals surface area (Å²) in [5.74, 6) is -1.02. The first kappa shape index (κ1) is 18.2. The van der Waals surface area contributed by atoms with Gasteiger partial charge in [-0.1, -0.05) is 17.7 Å². The van der Waals surface area contributed by atoms with Crippen molar-refractivity contribution in [2.45, 2.75) is 11.8 Å². The third kappa shape index (κ3) is 3.85. The Kier molecular flexibility index (Phi) is 5.15. The van der Waals surface area contributed by atoms with Gasteiger partial charge in [-0.05, 0) is 42.8 Å². The Hall–Kier alpha value is -2.12. The number of carbonyl (C=O) groups excluding carboxylic acids is 1. The van der Waals surface area contributed by atoms with Crippen LogP contribution in [0.5, 0.6) is 0 Å². The number of hydrogen-bond donors (Lipinski definition) is 1. The Labute approximate surface area is 145 Å². The highest BCUT2D eigenvalue weighted by Crippen LogP contribution is 2.25. The van der Waals surface area contributed by atoms with E-state index >= 15 is 0 Å². The zero-order chi connectivity index (χ0) is 18.1. The van der Waals surface area contributed by atoms with Crippen molar-refractivity contribution < 1.29 is 17.6 Å². The number of hydrogen-bond acceptors (Lipinski definition) is 3. The molecule has 0 atom stereocenters. The minimum absolute atomic E-state index is 0.0298. The lowest BCUT2D eigenvalue weighted by molar-refractivity contribution is 0.0828. The second kappa shape index (κ2) is 6.78. The van der Waals surface area contributed by atoms with Crippen LogP contribution in [0.3, 0.4) is 0 Å². The summed E-state index contributed by atoms with van der Waals surface area (Å²) in [6, 6.07) is 7.84. The van der Waals surface area contributed by atoms with Crippen LogP contribution in [-0.4, -0.2) is 33.3 Å². The number of nitrogens with zero attached hydrogens (tertiary/aromatic N) is 1. The Morgan fingerprint density at radius 3 is 2.42 bits per heavy atom. The van der Waals surface area contributed by atoms with Crippen LogP contribution in [0.15, 0.2) is 41.3 Å². The lowest BCUT2D eigenvalue weighted by Crippen LogP contribution is -2.24. The molecule has 5 nitrogen and oxygen atoms in total. The van der Waals surface area contributed by atoms with E-state index in [1.165, 1.54) is 42.2 Å². The molecular formula is C16H16ClFN2O3S. The van der Waals surface area contributed by atoms with E-state index in [1.54, 1.807) is 14.1 Å². The molecule has 1 amide bonds. The Morgan fingerprint density at radius 1 is 1.17 bits per heavy atom. The fourth-order valence-corrected chi connectivity index (χ4v) is 3.23. The fraction of sp³-hybridized carbons (Fsp3) is 0.188. The Balaban J connectivity index is 2.47. The molecule has 8 heteroatoms. The van der Waals surface area contributed by atoms with E-state index in [4.69, 9.17) is 11.6 Å². The van der Waals surface area contributed by atoms with Crippen LogP contribution in [0, 0.1) is 12.7 Å². The first-order chi connectivity index (χ1) is 11.1. The van der Waals surface area contributed by atoms with Crippen molar-refractivity contribution in [3.8, 4) is 0 Å². The molecule has 2 aromatic rings. The molecule has 0 fully saturated rings. The third-order valence-electron chi connectivity index (χ3n) is 3.32. The maximum Gasteiger partial charge on any atom is 0.262 e. The lowest BCUT2D eigenvalue weighted by atomic mass is 10.1. The predicted octanol–water partition coefficient (Wildman–Crippen LogP) is 3.29. The molecule has 0 aromatic heterocycles. The van der Waals surface area contributed by atoms with Gasteiger partial charge in [-0.2, -0.15) is 0 Å². The molecule has 0 unspecified atom stereocenters. The summed E-state index contributed by atoms with van der Waals surface area (Å²) >= 11 is 5.90. The average molecular weight is 371 g/mol. The molecule has 2 rings (SSSR count). The number of aryl methyl sites for hydroxylation is 1. The summed E-state index contributed by atoms with van der Waals surface area (Å²) in [5.41, 5.74) is 0.503. The van der Waals surface area contributed by atoms with Gasteiger partial charge in [0.1, 0.15) is 5.82 Å². The number of anilines is 1. The monoisotopic (exact) mass is 370 g/mol. The summed E-state index contributed by atoms with van der Waals surface area (Å²) in [6.45, 7) is 1.53. The van der Waals surface area contributed by atoms with E-state index in [1.807, 2.05) is 0 Å². The van der Waals surface area contributed by atoms with Crippen LogP contribution in [-0.2, 0) is 10.0 Å². The normalized spacial score (nSPS) is 11.2. The van der Waals surface area contributed by atoms with Crippen molar-refractivity contribution >= 4 is 33.2 Å². The fourth-order valence-electron chi connectivity index (χ4n) is 1.97. The van der Waals surface area contributed by atoms with Gasteiger partial charge < -0.3 is 4.90 Å². The van der Waals surface area contributed by atoms with E-state index in [2.05, 4.69) is 4.72 Å². The predicted molar refractivity (Wildman–Crippen MR) is 91.4 cm³/mol. The highest BCUT2D eigenvalue weighted by atomic mass is 35.5. The second-order valence-corrected chi connectivity index (χ2v) is 7.52. The highest BCUT2D eigenvalue weighted by Gasteiger charge is 2.21. The lowest BCUT2D eigenvalue weighted by Gasteiger charge is -2.16. The van der Waals surface area contributed by atoms with Crippen molar-refractivity contribution in [1.82, 2.24) is 4.90 Å². The number of amides is 1. The molecule has 24 heavy (non-hydrogen) atoms. The number of carbonyl (C=O) groups is 1. The van der Waals surface area contributed by atoms with Gasteiger partial charge in [0.2, 0.25) is 0 Å². The largest absolute Gasteiger partial charge is 0.345 e. The molecule has 0 bridgehead atoms. The van der Waals surface area contributed by atoms with Crippen molar-refractivity contribution in [2.24, 2.45) is 0 Å². The zero-order valence-corrected chi connectivity index (χ0v) is 14.9. The molecule has 0 heterocycles. The number of benzene rings is 2. The second-order valence-electron chi connectivity index (χ2n) is 5.41. The molecule has 0 aliphatic carbocycles. The molecule has 2 aromatic carbocycles. The SMILES string of the molecule is Cc1ccc(S(=O)(=O)Nc2cc(Cl)ccc2C(=O)N(C)C)cc1F. The smallest absolute Gasteiger partial charge is 0.262 e. The highest BCUT2D eigenvalue weighted by molar-refractivity contribution is 7.92.